The molecular formula is C15H24N2O2. The van der Waals surface area contributed by atoms with E-state index in [2.05, 4.69) is 26.1 Å². The van der Waals surface area contributed by atoms with Crippen molar-refractivity contribution in [2.24, 2.45) is 0 Å². The summed E-state index contributed by atoms with van der Waals surface area (Å²) < 4.78 is 1.75. The van der Waals surface area contributed by atoms with Crippen LogP contribution in [0.2, 0.25) is 0 Å². The van der Waals surface area contributed by atoms with Crippen molar-refractivity contribution in [2.75, 3.05) is 6.54 Å². The summed E-state index contributed by atoms with van der Waals surface area (Å²) in [6.45, 7) is 7.06. The average molecular weight is 264 g/mol. The zero-order valence-corrected chi connectivity index (χ0v) is 12.1. The van der Waals surface area contributed by atoms with Gasteiger partial charge in [-0.3, -0.25) is 4.79 Å². The molecule has 0 saturated carbocycles. The highest BCUT2D eigenvalue weighted by Gasteiger charge is 2.18. The first kappa shape index (κ1) is 14.3. The van der Waals surface area contributed by atoms with Gasteiger partial charge < -0.3 is 15.0 Å². The Kier molecular flexibility index (Phi) is 4.11. The minimum Gasteiger partial charge on any atom is -0.390 e. The van der Waals surface area contributed by atoms with Crippen LogP contribution in [0.4, 0.5) is 0 Å². The number of nitrogens with one attached hydrogen (secondary N) is 1. The summed E-state index contributed by atoms with van der Waals surface area (Å²) in [4.78, 5) is 11.9. The van der Waals surface area contributed by atoms with Crippen molar-refractivity contribution in [2.45, 2.75) is 58.2 Å². The van der Waals surface area contributed by atoms with Crippen molar-refractivity contribution < 1.29 is 5.11 Å². The van der Waals surface area contributed by atoms with Crippen LogP contribution in [0, 0.1) is 0 Å². The smallest absolute Gasteiger partial charge is 0.250 e. The van der Waals surface area contributed by atoms with Gasteiger partial charge in [0, 0.05) is 23.8 Å². The van der Waals surface area contributed by atoms with Crippen molar-refractivity contribution in [1.82, 2.24) is 9.88 Å². The van der Waals surface area contributed by atoms with Gasteiger partial charge in [-0.25, -0.2) is 0 Å². The molecule has 1 aliphatic rings. The van der Waals surface area contributed by atoms with Crippen LogP contribution >= 0.6 is 0 Å². The monoisotopic (exact) mass is 264 g/mol. The molecule has 4 heteroatoms. The minimum atomic E-state index is -0.538. The molecule has 0 amide bonds. The maximum absolute atomic E-state index is 11.9. The van der Waals surface area contributed by atoms with Gasteiger partial charge in [-0.05, 0) is 45.6 Å². The zero-order valence-electron chi connectivity index (χ0n) is 12.1. The van der Waals surface area contributed by atoms with Gasteiger partial charge in [0.2, 0.25) is 0 Å². The summed E-state index contributed by atoms with van der Waals surface area (Å²) in [5.41, 5.74) is 2.35. The van der Waals surface area contributed by atoms with E-state index in [9.17, 15) is 9.90 Å². The molecule has 1 aromatic rings. The van der Waals surface area contributed by atoms with Crippen molar-refractivity contribution in [3.05, 3.63) is 33.7 Å². The van der Waals surface area contributed by atoms with E-state index in [1.807, 2.05) is 6.07 Å². The minimum absolute atomic E-state index is 0.00420. The van der Waals surface area contributed by atoms with E-state index in [1.54, 1.807) is 10.6 Å². The Bertz CT molecular complexity index is 500. The number of aliphatic hydroxyl groups excluding tert-OH is 1. The standard InChI is InChI=1S/C15H24N2O2/c1-15(2,3)16-9-12(18)10-17-13-6-4-5-11(13)7-8-14(17)19/h7-8,12,16,18H,4-6,9-10H2,1-3H3. The third kappa shape index (κ3) is 3.67. The summed E-state index contributed by atoms with van der Waals surface area (Å²) in [7, 11) is 0. The predicted octanol–water partition coefficient (Wildman–Crippen LogP) is 1.09. The van der Waals surface area contributed by atoms with Crippen molar-refractivity contribution in [3.8, 4) is 0 Å². The van der Waals surface area contributed by atoms with Crippen molar-refractivity contribution in [3.63, 3.8) is 0 Å². The molecule has 19 heavy (non-hydrogen) atoms. The Hall–Kier alpha value is -1.13. The normalized spacial score (nSPS) is 16.4. The molecule has 2 N–H and O–H groups in total. The fourth-order valence-corrected chi connectivity index (χ4v) is 2.53. The maximum atomic E-state index is 11.9. The second kappa shape index (κ2) is 5.47. The van der Waals surface area contributed by atoms with E-state index in [0.29, 0.717) is 13.1 Å². The summed E-state index contributed by atoms with van der Waals surface area (Å²) in [5, 5.41) is 13.4. The Morgan fingerprint density at radius 3 is 2.79 bits per heavy atom. The fourth-order valence-electron chi connectivity index (χ4n) is 2.53. The lowest BCUT2D eigenvalue weighted by Gasteiger charge is -2.23. The molecular weight excluding hydrogens is 240 g/mol. The van der Waals surface area contributed by atoms with Gasteiger partial charge in [-0.2, -0.15) is 0 Å². The van der Waals surface area contributed by atoms with Gasteiger partial charge in [-0.1, -0.05) is 6.07 Å². The first-order valence-electron chi connectivity index (χ1n) is 7.01. The summed E-state index contributed by atoms with van der Waals surface area (Å²) in [6, 6.07) is 3.55. The second-order valence-electron chi connectivity index (χ2n) is 6.39. The Balaban J connectivity index is 2.07. The zero-order chi connectivity index (χ0) is 14.0. The lowest BCUT2D eigenvalue weighted by atomic mass is 10.1. The number of β-amino-alcohol motifs (C(OH)–C–C–N with tert-alkyl or cyclic N) is 1. The second-order valence-corrected chi connectivity index (χ2v) is 6.39. The van der Waals surface area contributed by atoms with Crippen molar-refractivity contribution in [1.29, 1.82) is 0 Å². The number of pyridine rings is 1. The largest absolute Gasteiger partial charge is 0.390 e. The number of aryl methyl sites for hydroxylation is 1. The number of aliphatic hydroxyl groups is 1. The highest BCUT2D eigenvalue weighted by molar-refractivity contribution is 5.25. The van der Waals surface area contributed by atoms with Crippen LogP contribution in [0.25, 0.3) is 0 Å². The van der Waals surface area contributed by atoms with Crippen molar-refractivity contribution >= 4 is 0 Å². The fraction of sp³-hybridized carbons (Fsp3) is 0.667. The molecule has 106 valence electrons. The molecule has 0 fully saturated rings. The Morgan fingerprint density at radius 2 is 2.11 bits per heavy atom. The lowest BCUT2D eigenvalue weighted by Crippen LogP contribution is -2.43. The first-order chi connectivity index (χ1) is 8.87. The summed E-state index contributed by atoms with van der Waals surface area (Å²) >= 11 is 0. The molecule has 0 spiro atoms. The highest BCUT2D eigenvalue weighted by Crippen LogP contribution is 2.19. The van der Waals surface area contributed by atoms with E-state index in [1.165, 1.54) is 5.56 Å². The topological polar surface area (TPSA) is 54.3 Å². The average Bonchev–Trinajstić information content (AvgIpc) is 2.78. The van der Waals surface area contributed by atoms with Crippen LogP contribution in [0.5, 0.6) is 0 Å². The van der Waals surface area contributed by atoms with Crippen LogP contribution in [0.3, 0.4) is 0 Å². The molecule has 1 atom stereocenters. The van der Waals surface area contributed by atoms with Gasteiger partial charge in [0.15, 0.2) is 0 Å². The molecule has 4 nitrogen and oxygen atoms in total. The van der Waals surface area contributed by atoms with Gasteiger partial charge >= 0.3 is 0 Å². The molecule has 0 aliphatic heterocycles. The molecule has 1 aromatic heterocycles. The SMILES string of the molecule is CC(C)(C)NCC(O)Cn1c2c(ccc1=O)CCC2. The van der Waals surface area contributed by atoms with Crippen LogP contribution in [-0.4, -0.2) is 27.9 Å². The van der Waals surface area contributed by atoms with Gasteiger partial charge in [0.1, 0.15) is 0 Å². The molecule has 1 aliphatic carbocycles. The quantitative estimate of drug-likeness (QED) is 0.856. The van der Waals surface area contributed by atoms with E-state index in [-0.39, 0.29) is 11.1 Å². The number of nitrogens with zero attached hydrogens (tertiary/aromatic N) is 1. The van der Waals surface area contributed by atoms with E-state index >= 15 is 0 Å². The third-order valence-corrected chi connectivity index (χ3v) is 3.51. The van der Waals surface area contributed by atoms with E-state index in [0.717, 1.165) is 25.0 Å². The van der Waals surface area contributed by atoms with Gasteiger partial charge in [0.05, 0.1) is 12.6 Å². The molecule has 1 heterocycles. The Labute approximate surface area is 114 Å². The first-order valence-corrected chi connectivity index (χ1v) is 7.01. The van der Waals surface area contributed by atoms with E-state index in [4.69, 9.17) is 0 Å². The molecule has 1 unspecified atom stereocenters. The van der Waals surface area contributed by atoms with E-state index < -0.39 is 6.10 Å². The Morgan fingerprint density at radius 1 is 1.37 bits per heavy atom. The molecule has 0 saturated heterocycles. The molecule has 0 radical (unpaired) electrons. The van der Waals surface area contributed by atoms with Gasteiger partial charge in [-0.15, -0.1) is 0 Å². The van der Waals surface area contributed by atoms with Crippen LogP contribution < -0.4 is 10.9 Å². The lowest BCUT2D eigenvalue weighted by molar-refractivity contribution is 0.140. The van der Waals surface area contributed by atoms with Crippen LogP contribution in [-0.2, 0) is 19.4 Å². The number of hydrogen-bond donors (Lipinski definition) is 2. The van der Waals surface area contributed by atoms with Crippen LogP contribution in [0.15, 0.2) is 16.9 Å². The summed E-state index contributed by atoms with van der Waals surface area (Å²) in [5.74, 6) is 0. The maximum Gasteiger partial charge on any atom is 0.250 e. The molecule has 0 bridgehead atoms. The molecule has 0 aromatic carbocycles. The molecule has 2 rings (SSSR count). The number of fused-ring (bicyclic) bond motifs is 1. The highest BCUT2D eigenvalue weighted by atomic mass is 16.3. The van der Waals surface area contributed by atoms with Gasteiger partial charge in [0.25, 0.3) is 5.56 Å². The summed E-state index contributed by atoms with van der Waals surface area (Å²) in [6.07, 6.45) is 2.57. The number of aromatic nitrogens is 1. The van der Waals surface area contributed by atoms with Crippen LogP contribution in [0.1, 0.15) is 38.4 Å². The third-order valence-electron chi connectivity index (χ3n) is 3.51. The predicted molar refractivity (Wildman–Crippen MR) is 76.5 cm³/mol. The number of hydrogen-bond acceptors (Lipinski definition) is 3. The number of rotatable bonds is 4.